The minimum Gasteiger partial charge on any atom is -0.497 e. The Hall–Kier alpha value is -2.70. The van der Waals surface area contributed by atoms with Crippen molar-refractivity contribution in [1.29, 1.82) is 0 Å². The second-order valence-electron chi connectivity index (χ2n) is 6.70. The Kier molecular flexibility index (Phi) is 4.22. The molecule has 134 valence electrons. The number of nitrogens with one attached hydrogen (secondary N) is 1. The minimum absolute atomic E-state index is 0.135. The van der Waals surface area contributed by atoms with Crippen molar-refractivity contribution in [2.45, 2.75) is 18.6 Å². The highest BCUT2D eigenvalue weighted by Crippen LogP contribution is 2.40. The molecule has 0 aliphatic carbocycles. The fourth-order valence-electron chi connectivity index (χ4n) is 3.83. The van der Waals surface area contributed by atoms with Crippen LogP contribution in [0.3, 0.4) is 0 Å². The van der Waals surface area contributed by atoms with Gasteiger partial charge in [-0.1, -0.05) is 42.5 Å². The molecule has 2 aliphatic heterocycles. The van der Waals surface area contributed by atoms with Crippen molar-refractivity contribution in [1.82, 2.24) is 15.3 Å². The largest absolute Gasteiger partial charge is 0.497 e. The second kappa shape index (κ2) is 6.55. The summed E-state index contributed by atoms with van der Waals surface area (Å²) in [5.41, 5.74) is 5.45. The molecule has 0 aromatic heterocycles. The van der Waals surface area contributed by atoms with Gasteiger partial charge in [0.2, 0.25) is 11.8 Å². The number of benzene rings is 2. The molecule has 26 heavy (non-hydrogen) atoms. The number of hydrogen-bond donors (Lipinski definition) is 1. The fraction of sp³-hybridized carbons (Fsp3) is 0.300. The summed E-state index contributed by atoms with van der Waals surface area (Å²) in [5.74, 6) is 0.0447. The lowest BCUT2D eigenvalue weighted by molar-refractivity contribution is -0.139. The molecule has 2 aromatic carbocycles. The van der Waals surface area contributed by atoms with Gasteiger partial charge in [-0.25, -0.2) is 10.4 Å². The van der Waals surface area contributed by atoms with Gasteiger partial charge in [0.1, 0.15) is 11.8 Å². The highest BCUT2D eigenvalue weighted by molar-refractivity contribution is 6.07. The lowest BCUT2D eigenvalue weighted by Crippen LogP contribution is -2.43. The summed E-state index contributed by atoms with van der Waals surface area (Å²) in [4.78, 5) is 26.6. The highest BCUT2D eigenvalue weighted by atomic mass is 16.5. The van der Waals surface area contributed by atoms with Gasteiger partial charge in [-0.05, 0) is 23.3 Å². The smallest absolute Gasteiger partial charge is 0.248 e. The van der Waals surface area contributed by atoms with E-state index in [2.05, 4.69) is 5.43 Å². The van der Waals surface area contributed by atoms with E-state index in [1.165, 1.54) is 4.90 Å². The molecule has 2 aromatic rings. The predicted octanol–water partition coefficient (Wildman–Crippen LogP) is 1.74. The number of methoxy groups -OCH3 is 1. The van der Waals surface area contributed by atoms with Crippen molar-refractivity contribution in [3.05, 3.63) is 65.7 Å². The van der Waals surface area contributed by atoms with Crippen LogP contribution >= 0.6 is 0 Å². The molecule has 0 radical (unpaired) electrons. The van der Waals surface area contributed by atoms with E-state index in [0.717, 1.165) is 16.9 Å². The van der Waals surface area contributed by atoms with Crippen molar-refractivity contribution >= 4 is 11.8 Å². The molecule has 2 amide bonds. The van der Waals surface area contributed by atoms with Gasteiger partial charge in [-0.3, -0.25) is 14.5 Å². The number of carbonyl (C=O) groups is 2. The highest BCUT2D eigenvalue weighted by Gasteiger charge is 2.57. The zero-order valence-corrected chi connectivity index (χ0v) is 14.8. The molecule has 0 saturated carbocycles. The lowest BCUT2D eigenvalue weighted by atomic mass is 9.91. The Labute approximate surface area is 152 Å². The Morgan fingerprint density at radius 2 is 1.69 bits per heavy atom. The Balaban J connectivity index is 1.67. The van der Waals surface area contributed by atoms with Crippen LogP contribution in [0.15, 0.2) is 54.6 Å². The topological polar surface area (TPSA) is 61.9 Å². The molecule has 3 atom stereocenters. The van der Waals surface area contributed by atoms with Gasteiger partial charge < -0.3 is 4.74 Å². The first-order valence-corrected chi connectivity index (χ1v) is 8.62. The molecule has 0 bridgehead atoms. The minimum atomic E-state index is -0.486. The molecule has 6 heteroatoms. The van der Waals surface area contributed by atoms with Crippen LogP contribution < -0.4 is 10.2 Å². The molecular formula is C20H21N3O3. The maximum absolute atomic E-state index is 12.7. The van der Waals surface area contributed by atoms with Gasteiger partial charge in [0, 0.05) is 13.6 Å². The number of fused-ring (bicyclic) bond motifs is 1. The van der Waals surface area contributed by atoms with Crippen molar-refractivity contribution in [3.8, 4) is 5.75 Å². The van der Waals surface area contributed by atoms with Crippen LogP contribution in [-0.4, -0.2) is 41.9 Å². The zero-order chi connectivity index (χ0) is 18.3. The van der Waals surface area contributed by atoms with E-state index in [0.29, 0.717) is 6.54 Å². The van der Waals surface area contributed by atoms with Crippen molar-refractivity contribution in [2.24, 2.45) is 5.92 Å². The first-order chi connectivity index (χ1) is 12.6. The number of ether oxygens (including phenoxy) is 1. The summed E-state index contributed by atoms with van der Waals surface area (Å²) in [6.45, 7) is 0.557. The second-order valence-corrected chi connectivity index (χ2v) is 6.70. The molecular weight excluding hydrogens is 330 g/mol. The summed E-state index contributed by atoms with van der Waals surface area (Å²) in [6, 6.07) is 16.8. The number of likely N-dealkylation sites (N-methyl/N-ethyl adjacent to an activating group) is 1. The van der Waals surface area contributed by atoms with Crippen molar-refractivity contribution < 1.29 is 14.3 Å². The fourth-order valence-corrected chi connectivity index (χ4v) is 3.83. The molecule has 2 aliphatic rings. The van der Waals surface area contributed by atoms with Gasteiger partial charge >= 0.3 is 0 Å². The molecule has 0 unspecified atom stereocenters. The van der Waals surface area contributed by atoms with Crippen LogP contribution in [0.1, 0.15) is 17.2 Å². The summed E-state index contributed by atoms with van der Waals surface area (Å²) >= 11 is 0. The van der Waals surface area contributed by atoms with Crippen LogP contribution in [0.2, 0.25) is 0 Å². The van der Waals surface area contributed by atoms with Crippen LogP contribution in [0.25, 0.3) is 0 Å². The first-order valence-electron chi connectivity index (χ1n) is 8.62. The molecule has 4 rings (SSSR count). The van der Waals surface area contributed by atoms with Gasteiger partial charge in [-0.15, -0.1) is 0 Å². The number of nitrogens with zero attached hydrogens (tertiary/aromatic N) is 2. The van der Waals surface area contributed by atoms with E-state index < -0.39 is 12.0 Å². The number of imide groups is 1. The summed E-state index contributed by atoms with van der Waals surface area (Å²) in [6.07, 6.45) is 0. The van der Waals surface area contributed by atoms with E-state index in [1.807, 2.05) is 59.6 Å². The molecule has 6 nitrogen and oxygen atoms in total. The molecule has 2 heterocycles. The van der Waals surface area contributed by atoms with Gasteiger partial charge in [0.05, 0.1) is 19.1 Å². The standard InChI is InChI=1S/C20H21N3O3/c1-22-19(24)16-17(14-8-10-15(26-2)11-9-14)21-23(18(16)20(22)25)12-13-6-4-3-5-7-13/h3-11,16-18,21H,12H2,1-2H3/t16-,17-,18+/m0/s1. The zero-order valence-electron chi connectivity index (χ0n) is 14.8. The first kappa shape index (κ1) is 16.8. The maximum Gasteiger partial charge on any atom is 0.248 e. The van der Waals surface area contributed by atoms with Gasteiger partial charge in [-0.2, -0.15) is 0 Å². The van der Waals surface area contributed by atoms with E-state index in [1.54, 1.807) is 14.2 Å². The Morgan fingerprint density at radius 1 is 1.00 bits per heavy atom. The monoisotopic (exact) mass is 351 g/mol. The Bertz CT molecular complexity index is 822. The molecule has 1 N–H and O–H groups in total. The van der Waals surface area contributed by atoms with Crippen LogP contribution in [0.5, 0.6) is 5.75 Å². The maximum atomic E-state index is 12.7. The third-order valence-corrected chi connectivity index (χ3v) is 5.21. The third kappa shape index (κ3) is 2.67. The normalized spacial score (nSPS) is 25.6. The van der Waals surface area contributed by atoms with Crippen LogP contribution in [0.4, 0.5) is 0 Å². The van der Waals surface area contributed by atoms with Gasteiger partial charge in [0.15, 0.2) is 0 Å². The SMILES string of the molecule is COc1ccc([C@@H]2NN(Cc3ccccc3)[C@H]3C(=O)N(C)C(=O)[C@@H]23)cc1. The van der Waals surface area contributed by atoms with E-state index in [4.69, 9.17) is 4.74 Å². The number of carbonyl (C=O) groups excluding carboxylic acids is 2. The van der Waals surface area contributed by atoms with Crippen molar-refractivity contribution in [2.75, 3.05) is 14.2 Å². The van der Waals surface area contributed by atoms with E-state index in [-0.39, 0.29) is 17.9 Å². The average molecular weight is 351 g/mol. The summed E-state index contributed by atoms with van der Waals surface area (Å²) in [5, 5.41) is 1.90. The Morgan fingerprint density at radius 3 is 2.35 bits per heavy atom. The molecule has 2 fully saturated rings. The number of likely N-dealkylation sites (tertiary alicyclic amines) is 1. The van der Waals surface area contributed by atoms with Crippen molar-refractivity contribution in [3.63, 3.8) is 0 Å². The van der Waals surface area contributed by atoms with Crippen LogP contribution in [0, 0.1) is 5.92 Å². The lowest BCUT2D eigenvalue weighted by Gasteiger charge is -2.23. The molecule has 0 spiro atoms. The third-order valence-electron chi connectivity index (χ3n) is 5.21. The average Bonchev–Trinajstić information content (AvgIpc) is 3.15. The predicted molar refractivity (Wildman–Crippen MR) is 95.9 cm³/mol. The number of amides is 2. The number of rotatable bonds is 4. The number of hydrazine groups is 1. The number of hydrogen-bond acceptors (Lipinski definition) is 5. The summed E-state index contributed by atoms with van der Waals surface area (Å²) < 4.78 is 5.21. The van der Waals surface area contributed by atoms with E-state index >= 15 is 0 Å². The van der Waals surface area contributed by atoms with Crippen LogP contribution in [-0.2, 0) is 16.1 Å². The van der Waals surface area contributed by atoms with E-state index in [9.17, 15) is 9.59 Å². The summed E-state index contributed by atoms with van der Waals surface area (Å²) in [7, 11) is 3.18. The molecule has 2 saturated heterocycles. The van der Waals surface area contributed by atoms with Gasteiger partial charge in [0.25, 0.3) is 0 Å². The quantitative estimate of drug-likeness (QED) is 0.851.